The topological polar surface area (TPSA) is 120 Å². The van der Waals surface area contributed by atoms with Crippen LogP contribution in [-0.2, 0) is 20.7 Å². The maximum absolute atomic E-state index is 14.0. The third kappa shape index (κ3) is 13.1. The number of rotatable bonds is 15. The zero-order valence-electron chi connectivity index (χ0n) is 29.1. The second-order valence-electron chi connectivity index (χ2n) is 13.9. The zero-order valence-corrected chi connectivity index (χ0v) is 29.1. The lowest BCUT2D eigenvalue weighted by Crippen LogP contribution is -2.55. The van der Waals surface area contributed by atoms with Gasteiger partial charge in [0.1, 0.15) is 11.6 Å². The number of piperidine rings is 1. The van der Waals surface area contributed by atoms with E-state index in [1.165, 1.54) is 0 Å². The summed E-state index contributed by atoms with van der Waals surface area (Å²) >= 11 is 0. The molecule has 1 heterocycles. The van der Waals surface area contributed by atoms with Crippen LogP contribution in [0.25, 0.3) is 6.08 Å². The first-order chi connectivity index (χ1) is 22.4. The molecule has 0 radical (unpaired) electrons. The van der Waals surface area contributed by atoms with Gasteiger partial charge in [0.05, 0.1) is 12.1 Å². The number of nitrogens with one attached hydrogen (secondary N) is 3. The van der Waals surface area contributed by atoms with E-state index in [0.29, 0.717) is 32.0 Å². The number of carbonyl (C=O) groups is 3. The van der Waals surface area contributed by atoms with Gasteiger partial charge >= 0.3 is 6.09 Å². The van der Waals surface area contributed by atoms with Crippen molar-refractivity contribution in [1.82, 2.24) is 20.9 Å². The van der Waals surface area contributed by atoms with Crippen LogP contribution < -0.4 is 16.0 Å². The van der Waals surface area contributed by atoms with Crippen LogP contribution in [0.5, 0.6) is 0 Å². The molecule has 258 valence electrons. The highest BCUT2D eigenvalue weighted by Crippen LogP contribution is 2.21. The van der Waals surface area contributed by atoms with Gasteiger partial charge in [0.25, 0.3) is 0 Å². The number of allylic oxidation sites excluding steroid dienone is 1. The quantitative estimate of drug-likeness (QED) is 0.207. The van der Waals surface area contributed by atoms with Crippen molar-refractivity contribution >= 4 is 24.0 Å². The van der Waals surface area contributed by atoms with Crippen molar-refractivity contribution in [3.05, 3.63) is 77.9 Å². The monoisotopic (exact) mass is 648 g/mol. The molecule has 1 aliphatic heterocycles. The Labute approximate surface area is 281 Å². The van der Waals surface area contributed by atoms with E-state index in [1.54, 1.807) is 20.8 Å². The Bertz CT molecular complexity index is 1270. The Morgan fingerprint density at radius 1 is 0.979 bits per heavy atom. The molecule has 9 heteroatoms. The highest BCUT2D eigenvalue weighted by atomic mass is 16.6. The van der Waals surface area contributed by atoms with Crippen molar-refractivity contribution in [2.24, 2.45) is 11.8 Å². The summed E-state index contributed by atoms with van der Waals surface area (Å²) in [7, 11) is 0. The Kier molecular flexibility index (Phi) is 14.9. The fourth-order valence-electron chi connectivity index (χ4n) is 5.88. The summed E-state index contributed by atoms with van der Waals surface area (Å²) < 4.78 is 5.51. The van der Waals surface area contributed by atoms with Crippen LogP contribution in [0, 0.1) is 11.8 Å². The van der Waals surface area contributed by atoms with Gasteiger partial charge in [-0.1, -0.05) is 93.6 Å². The Morgan fingerprint density at radius 2 is 1.60 bits per heavy atom. The van der Waals surface area contributed by atoms with Gasteiger partial charge in [0, 0.05) is 25.0 Å². The second kappa shape index (κ2) is 18.6. The Balaban J connectivity index is 1.81. The molecule has 0 spiro atoms. The maximum atomic E-state index is 14.0. The average Bonchev–Trinajstić information content (AvgIpc) is 3.03. The molecule has 47 heavy (non-hydrogen) atoms. The van der Waals surface area contributed by atoms with Crippen molar-refractivity contribution in [2.75, 3.05) is 19.6 Å². The Hall–Kier alpha value is -3.69. The number of aliphatic hydroxyl groups is 1. The van der Waals surface area contributed by atoms with Gasteiger partial charge < -0.3 is 30.7 Å². The van der Waals surface area contributed by atoms with Crippen molar-refractivity contribution in [3.63, 3.8) is 0 Å². The van der Waals surface area contributed by atoms with Crippen LogP contribution in [0.4, 0.5) is 4.79 Å². The first kappa shape index (κ1) is 37.8. The second-order valence-corrected chi connectivity index (χ2v) is 13.9. The normalized spacial score (nSPS) is 16.8. The molecule has 2 aromatic carbocycles. The van der Waals surface area contributed by atoms with E-state index in [2.05, 4.69) is 22.9 Å². The van der Waals surface area contributed by atoms with Crippen molar-refractivity contribution in [1.29, 1.82) is 0 Å². The summed E-state index contributed by atoms with van der Waals surface area (Å²) in [6, 6.07) is 18.4. The van der Waals surface area contributed by atoms with Crippen molar-refractivity contribution in [3.8, 4) is 0 Å². The number of nitrogens with zero attached hydrogens (tertiary/aromatic N) is 1. The van der Waals surface area contributed by atoms with Gasteiger partial charge in [-0.3, -0.25) is 9.59 Å². The van der Waals surface area contributed by atoms with Crippen LogP contribution in [-0.4, -0.2) is 77.4 Å². The minimum atomic E-state index is -1.07. The van der Waals surface area contributed by atoms with Crippen molar-refractivity contribution < 1.29 is 24.2 Å². The zero-order chi connectivity index (χ0) is 34.4. The summed E-state index contributed by atoms with van der Waals surface area (Å²) in [6.45, 7) is 13.5. The lowest BCUT2D eigenvalue weighted by molar-refractivity contribution is -0.139. The number of alkyl carbamates (subject to hydrolysis) is 1. The fraction of sp³-hybridized carbons (Fsp3) is 0.553. The number of amides is 3. The predicted molar refractivity (Wildman–Crippen MR) is 188 cm³/mol. The van der Waals surface area contributed by atoms with E-state index in [-0.39, 0.29) is 24.2 Å². The molecule has 4 N–H and O–H groups in total. The standard InChI is InChI=1S/C38H56N4O5/c1-7-39-31-21-23-42(24-22-31)36(45)34(27(2)3)41-35(44)30(20-14-19-28-15-10-8-11-16-28)26-33(43)32(25-29-17-12-9-13-18-29)40-37(46)47-38(4,5)6/h8-19,27,30-34,39,43H,7,20-26H2,1-6H3,(H,40,46)(H,41,44)/t30-,32+,33+,34+/m1/s1. The van der Waals surface area contributed by atoms with E-state index in [9.17, 15) is 19.5 Å². The molecule has 0 aliphatic carbocycles. The Morgan fingerprint density at radius 3 is 2.17 bits per heavy atom. The minimum absolute atomic E-state index is 0.0732. The molecule has 1 fully saturated rings. The molecular formula is C38H56N4O5. The van der Waals surface area contributed by atoms with E-state index in [4.69, 9.17) is 4.74 Å². The number of carbonyl (C=O) groups excluding carboxylic acids is 3. The largest absolute Gasteiger partial charge is 0.444 e. The summed E-state index contributed by atoms with van der Waals surface area (Å²) in [5.74, 6) is -1.15. The molecule has 3 amide bonds. The summed E-state index contributed by atoms with van der Waals surface area (Å²) in [6.07, 6.45) is 4.71. The van der Waals surface area contributed by atoms with E-state index in [0.717, 1.165) is 30.5 Å². The lowest BCUT2D eigenvalue weighted by Gasteiger charge is -2.36. The number of aliphatic hydroxyl groups excluding tert-OH is 1. The number of likely N-dealkylation sites (tertiary alicyclic amines) is 1. The molecule has 1 aliphatic rings. The predicted octanol–water partition coefficient (Wildman–Crippen LogP) is 5.33. The molecule has 0 unspecified atom stereocenters. The average molecular weight is 649 g/mol. The third-order valence-corrected chi connectivity index (χ3v) is 8.42. The molecule has 4 atom stereocenters. The molecular weight excluding hydrogens is 592 g/mol. The van der Waals surface area contributed by atoms with Gasteiger partial charge in [0.2, 0.25) is 11.8 Å². The van der Waals surface area contributed by atoms with E-state index >= 15 is 0 Å². The van der Waals surface area contributed by atoms with Gasteiger partial charge in [-0.25, -0.2) is 4.79 Å². The first-order valence-electron chi connectivity index (χ1n) is 17.1. The highest BCUT2D eigenvalue weighted by molar-refractivity contribution is 5.89. The molecule has 0 bridgehead atoms. The number of hydrogen-bond acceptors (Lipinski definition) is 6. The maximum Gasteiger partial charge on any atom is 0.407 e. The van der Waals surface area contributed by atoms with Crippen LogP contribution in [0.3, 0.4) is 0 Å². The lowest BCUT2D eigenvalue weighted by atomic mass is 9.90. The molecule has 1 saturated heterocycles. The molecule has 3 rings (SSSR count). The van der Waals surface area contributed by atoms with Crippen LogP contribution in [0.2, 0.25) is 0 Å². The molecule has 0 aromatic heterocycles. The third-order valence-electron chi connectivity index (χ3n) is 8.42. The fourth-order valence-corrected chi connectivity index (χ4v) is 5.88. The van der Waals surface area contributed by atoms with Crippen LogP contribution in [0.15, 0.2) is 66.7 Å². The first-order valence-corrected chi connectivity index (χ1v) is 17.1. The summed E-state index contributed by atoms with van der Waals surface area (Å²) in [5.41, 5.74) is 1.22. The molecule has 9 nitrogen and oxygen atoms in total. The van der Waals surface area contributed by atoms with E-state index < -0.39 is 35.8 Å². The summed E-state index contributed by atoms with van der Waals surface area (Å²) in [5, 5.41) is 21.0. The number of hydrogen-bond donors (Lipinski definition) is 4. The van der Waals surface area contributed by atoms with Gasteiger partial charge in [0.15, 0.2) is 0 Å². The minimum Gasteiger partial charge on any atom is -0.444 e. The highest BCUT2D eigenvalue weighted by Gasteiger charge is 2.34. The smallest absolute Gasteiger partial charge is 0.407 e. The summed E-state index contributed by atoms with van der Waals surface area (Å²) in [4.78, 5) is 42.4. The molecule has 0 saturated carbocycles. The van der Waals surface area contributed by atoms with Crippen molar-refractivity contribution in [2.45, 2.75) is 103 Å². The molecule has 2 aromatic rings. The van der Waals surface area contributed by atoms with E-state index in [1.807, 2.05) is 91.6 Å². The van der Waals surface area contributed by atoms with Crippen LogP contribution >= 0.6 is 0 Å². The number of benzene rings is 2. The van der Waals surface area contributed by atoms with Gasteiger partial charge in [-0.2, -0.15) is 0 Å². The SMILES string of the molecule is CCNC1CCN(C(=O)[C@@H](NC(=O)[C@H](CC=Cc2ccccc2)C[C@H](O)[C@H](Cc2ccccc2)NC(=O)OC(C)(C)C)C(C)C)CC1. The van der Waals surface area contributed by atoms with Crippen LogP contribution in [0.1, 0.15) is 78.4 Å². The number of ether oxygens (including phenoxy) is 1. The van der Waals surface area contributed by atoms with Gasteiger partial charge in [-0.05, 0) is 76.5 Å². The van der Waals surface area contributed by atoms with Gasteiger partial charge in [-0.15, -0.1) is 0 Å².